The fourth-order valence-electron chi connectivity index (χ4n) is 5.55. The normalized spacial score (nSPS) is 18.3. The Balaban J connectivity index is 1.61. The van der Waals surface area contributed by atoms with Crippen LogP contribution in [0.2, 0.25) is 5.02 Å². The maximum atomic E-state index is 11.8. The third-order valence-electron chi connectivity index (χ3n) is 7.55. The highest BCUT2D eigenvalue weighted by molar-refractivity contribution is 6.30. The third-order valence-corrected chi connectivity index (χ3v) is 7.75. The van der Waals surface area contributed by atoms with Crippen molar-refractivity contribution >= 4 is 22.6 Å². The lowest BCUT2D eigenvalue weighted by atomic mass is 9.83. The van der Waals surface area contributed by atoms with E-state index in [9.17, 15) is 4.79 Å². The minimum atomic E-state index is -0.659. The van der Waals surface area contributed by atoms with Crippen molar-refractivity contribution in [1.82, 2.24) is 34.6 Å². The van der Waals surface area contributed by atoms with E-state index in [1.807, 2.05) is 37.4 Å². The van der Waals surface area contributed by atoms with Crippen LogP contribution in [0.25, 0.3) is 33.8 Å². The highest BCUT2D eigenvalue weighted by Crippen LogP contribution is 2.38. The maximum Gasteiger partial charge on any atom is 0.439 e. The van der Waals surface area contributed by atoms with Crippen molar-refractivity contribution in [3.63, 3.8) is 0 Å². The lowest BCUT2D eigenvalue weighted by Gasteiger charge is -2.28. The standard InChI is InChI=1S/C29H30ClN7O3/c1-3-39-26(19-5-4-10-31-13-19)28-34-22-12-23(27-35-29(38)40-36-27)33-24(20-11-21(30)15-32-14-20)25(22)37(28)16-18-8-6-17(2)7-9-18/h4-5,10-15,17-18,26H,3,6-9,16H2,1-2H3,(H,35,36,38). The first-order valence-electron chi connectivity index (χ1n) is 13.6. The molecule has 0 radical (unpaired) electrons. The summed E-state index contributed by atoms with van der Waals surface area (Å²) in [5.74, 6) is 1.55. The van der Waals surface area contributed by atoms with Crippen molar-refractivity contribution < 1.29 is 9.26 Å². The van der Waals surface area contributed by atoms with Crippen molar-refractivity contribution in [1.29, 1.82) is 0 Å². The molecule has 10 nitrogen and oxygen atoms in total. The molecule has 0 amide bonds. The molecule has 6 rings (SSSR count). The molecule has 1 aliphatic carbocycles. The van der Waals surface area contributed by atoms with Crippen LogP contribution in [0.1, 0.15) is 57.0 Å². The molecule has 5 aromatic heterocycles. The Morgan fingerprint density at radius 3 is 2.70 bits per heavy atom. The Bertz CT molecular complexity index is 1670. The van der Waals surface area contributed by atoms with Gasteiger partial charge in [0, 0.05) is 49.1 Å². The number of fused-ring (bicyclic) bond motifs is 1. The minimum absolute atomic E-state index is 0.217. The highest BCUT2D eigenvalue weighted by Gasteiger charge is 2.29. The Kier molecular flexibility index (Phi) is 7.44. The van der Waals surface area contributed by atoms with E-state index in [0.717, 1.165) is 47.8 Å². The lowest BCUT2D eigenvalue weighted by Crippen LogP contribution is -2.21. The molecule has 5 heterocycles. The molecule has 1 fully saturated rings. The molecule has 0 saturated heterocycles. The summed E-state index contributed by atoms with van der Waals surface area (Å²) in [6.45, 7) is 5.57. The zero-order valence-corrected chi connectivity index (χ0v) is 23.1. The van der Waals surface area contributed by atoms with E-state index in [2.05, 4.69) is 31.6 Å². The van der Waals surface area contributed by atoms with Crippen LogP contribution in [0.5, 0.6) is 0 Å². The number of nitrogens with zero attached hydrogens (tertiary/aromatic N) is 6. The number of ether oxygens (including phenoxy) is 1. The summed E-state index contributed by atoms with van der Waals surface area (Å²) in [5, 5.41) is 4.36. The van der Waals surface area contributed by atoms with Gasteiger partial charge in [-0.05, 0) is 49.8 Å². The number of hydrogen-bond acceptors (Lipinski definition) is 8. The molecule has 0 bridgehead atoms. The second kappa shape index (κ2) is 11.3. The van der Waals surface area contributed by atoms with Crippen LogP contribution in [0.4, 0.5) is 0 Å². The summed E-state index contributed by atoms with van der Waals surface area (Å²) in [7, 11) is 0. The average molecular weight is 560 g/mol. The SMILES string of the molecule is CCOC(c1cccnc1)c1nc2cc(-c3noc(=O)[nH]3)nc(-c3cncc(Cl)c3)c2n1CC1CCC(C)CC1. The Morgan fingerprint density at radius 1 is 1.15 bits per heavy atom. The van der Waals surface area contributed by atoms with Crippen molar-refractivity contribution in [3.8, 4) is 22.8 Å². The first kappa shape index (κ1) is 26.3. The molecule has 0 aromatic carbocycles. The molecular weight excluding hydrogens is 530 g/mol. The smallest absolute Gasteiger partial charge is 0.366 e. The van der Waals surface area contributed by atoms with E-state index >= 15 is 0 Å². The number of aromatic amines is 1. The Morgan fingerprint density at radius 2 is 2.00 bits per heavy atom. The van der Waals surface area contributed by atoms with Crippen LogP contribution >= 0.6 is 11.6 Å². The van der Waals surface area contributed by atoms with Gasteiger partial charge in [-0.15, -0.1) is 0 Å². The number of rotatable bonds is 8. The molecule has 40 heavy (non-hydrogen) atoms. The molecule has 1 atom stereocenters. The van der Waals surface area contributed by atoms with Crippen LogP contribution in [-0.2, 0) is 11.3 Å². The van der Waals surface area contributed by atoms with Crippen LogP contribution < -0.4 is 5.76 Å². The highest BCUT2D eigenvalue weighted by atomic mass is 35.5. The number of hydrogen-bond donors (Lipinski definition) is 1. The zero-order valence-electron chi connectivity index (χ0n) is 22.4. The number of aromatic nitrogens is 7. The van der Waals surface area contributed by atoms with Gasteiger partial charge in [0.05, 0.1) is 21.7 Å². The van der Waals surface area contributed by atoms with Gasteiger partial charge in [0.25, 0.3) is 0 Å². The predicted octanol–water partition coefficient (Wildman–Crippen LogP) is 5.84. The van der Waals surface area contributed by atoms with Crippen LogP contribution in [0, 0.1) is 11.8 Å². The second-order valence-corrected chi connectivity index (χ2v) is 10.8. The van der Waals surface area contributed by atoms with E-state index in [1.54, 1.807) is 18.6 Å². The van der Waals surface area contributed by atoms with Gasteiger partial charge in [-0.1, -0.05) is 42.6 Å². The van der Waals surface area contributed by atoms with Gasteiger partial charge in [-0.2, -0.15) is 0 Å². The van der Waals surface area contributed by atoms with Gasteiger partial charge in [0.2, 0.25) is 5.82 Å². The largest absolute Gasteiger partial charge is 0.439 e. The van der Waals surface area contributed by atoms with Crippen molar-refractivity contribution in [3.05, 3.63) is 76.0 Å². The fraction of sp³-hybridized carbons (Fsp3) is 0.379. The topological polar surface area (TPSA) is 125 Å². The molecule has 5 aromatic rings. The maximum absolute atomic E-state index is 11.8. The average Bonchev–Trinajstić information content (AvgIpc) is 3.56. The van der Waals surface area contributed by atoms with E-state index in [1.165, 1.54) is 12.8 Å². The molecule has 11 heteroatoms. The number of imidazole rings is 1. The van der Waals surface area contributed by atoms with E-state index in [4.69, 9.17) is 30.8 Å². The first-order chi connectivity index (χ1) is 19.5. The third kappa shape index (κ3) is 5.29. The quantitative estimate of drug-likeness (QED) is 0.251. The number of nitrogens with one attached hydrogen (secondary N) is 1. The summed E-state index contributed by atoms with van der Waals surface area (Å²) in [4.78, 5) is 33.1. The molecule has 0 aliphatic heterocycles. The monoisotopic (exact) mass is 559 g/mol. The van der Waals surface area contributed by atoms with Crippen molar-refractivity contribution in [2.45, 2.75) is 52.2 Å². The summed E-state index contributed by atoms with van der Waals surface area (Å²) in [6, 6.07) is 7.55. The number of H-pyrrole nitrogens is 1. The summed E-state index contributed by atoms with van der Waals surface area (Å²) in [6.07, 6.45) is 11.1. The molecule has 1 saturated carbocycles. The van der Waals surface area contributed by atoms with Crippen molar-refractivity contribution in [2.75, 3.05) is 6.61 Å². The molecule has 0 spiro atoms. The van der Waals surface area contributed by atoms with Gasteiger partial charge >= 0.3 is 5.76 Å². The van der Waals surface area contributed by atoms with E-state index in [0.29, 0.717) is 34.5 Å². The van der Waals surface area contributed by atoms with Gasteiger partial charge in [-0.3, -0.25) is 19.5 Å². The predicted molar refractivity (Wildman–Crippen MR) is 151 cm³/mol. The molecule has 1 aliphatic rings. The number of pyridine rings is 3. The Labute approximate surface area is 235 Å². The van der Waals surface area contributed by atoms with Crippen LogP contribution in [-0.4, -0.2) is 41.3 Å². The summed E-state index contributed by atoms with van der Waals surface area (Å²) >= 11 is 6.38. The minimum Gasteiger partial charge on any atom is -0.366 e. The molecule has 206 valence electrons. The molecule has 1 unspecified atom stereocenters. The van der Waals surface area contributed by atoms with Crippen molar-refractivity contribution in [2.24, 2.45) is 11.8 Å². The van der Waals surface area contributed by atoms with Crippen LogP contribution in [0.3, 0.4) is 0 Å². The fourth-order valence-corrected chi connectivity index (χ4v) is 5.72. The zero-order chi connectivity index (χ0) is 27.6. The molecular formula is C29H30ClN7O3. The van der Waals surface area contributed by atoms with Crippen LogP contribution in [0.15, 0.2) is 58.4 Å². The number of halogens is 1. The van der Waals surface area contributed by atoms with E-state index < -0.39 is 11.9 Å². The summed E-state index contributed by atoms with van der Waals surface area (Å²) < 4.78 is 13.3. The van der Waals surface area contributed by atoms with Gasteiger partial charge in [0.1, 0.15) is 17.6 Å². The first-order valence-corrected chi connectivity index (χ1v) is 14.0. The molecule has 1 N–H and O–H groups in total. The van der Waals surface area contributed by atoms with Gasteiger partial charge in [-0.25, -0.2) is 14.8 Å². The van der Waals surface area contributed by atoms with E-state index in [-0.39, 0.29) is 5.82 Å². The Hall–Kier alpha value is -3.89. The van der Waals surface area contributed by atoms with Gasteiger partial charge < -0.3 is 9.30 Å². The van der Waals surface area contributed by atoms with Gasteiger partial charge in [0.15, 0.2) is 0 Å². The summed E-state index contributed by atoms with van der Waals surface area (Å²) in [5.41, 5.74) is 4.24. The lowest BCUT2D eigenvalue weighted by molar-refractivity contribution is 0.0814. The second-order valence-electron chi connectivity index (χ2n) is 10.4.